The van der Waals surface area contributed by atoms with E-state index >= 15 is 0 Å². The van der Waals surface area contributed by atoms with Crippen molar-refractivity contribution in [1.82, 2.24) is 5.32 Å². The molecule has 0 saturated heterocycles. The summed E-state index contributed by atoms with van der Waals surface area (Å²) in [6.07, 6.45) is 3.99. The zero-order valence-electron chi connectivity index (χ0n) is 7.64. The molecule has 0 aliphatic rings. The summed E-state index contributed by atoms with van der Waals surface area (Å²) in [5.41, 5.74) is 5.64. The molecule has 11 heavy (non-hydrogen) atoms. The second-order valence-corrected chi connectivity index (χ2v) is 3.15. The number of hydrogen-bond acceptors (Lipinski definition) is 2. The van der Waals surface area contributed by atoms with Crippen LogP contribution in [0.5, 0.6) is 0 Å². The highest BCUT2D eigenvalue weighted by molar-refractivity contribution is 4.71. The maximum absolute atomic E-state index is 5.64. The number of nitrogens with two attached hydrogens (primary N) is 1. The zero-order chi connectivity index (χ0) is 8.69. The van der Waals surface area contributed by atoms with Gasteiger partial charge in [-0.25, -0.2) is 0 Å². The minimum Gasteiger partial charge on any atom is -0.328 e. The smallest absolute Gasteiger partial charge is 0.00534 e. The van der Waals surface area contributed by atoms with Crippen molar-refractivity contribution in [3.8, 4) is 0 Å². The van der Waals surface area contributed by atoms with Crippen LogP contribution in [0.1, 0.15) is 26.7 Å². The molecular weight excluding hydrogens is 136 g/mol. The van der Waals surface area contributed by atoms with Crippen LogP contribution in [0.25, 0.3) is 0 Å². The van der Waals surface area contributed by atoms with Crippen molar-refractivity contribution in [3.05, 3.63) is 12.7 Å². The van der Waals surface area contributed by atoms with E-state index in [-0.39, 0.29) is 0 Å². The van der Waals surface area contributed by atoms with Crippen LogP contribution in [0, 0.1) is 0 Å². The minimum atomic E-state index is 0.293. The van der Waals surface area contributed by atoms with Crippen LogP contribution in [-0.2, 0) is 0 Å². The predicted octanol–water partition coefficient (Wildman–Crippen LogP) is 1.28. The highest BCUT2D eigenvalue weighted by Gasteiger charge is 2.02. The fourth-order valence-corrected chi connectivity index (χ4v) is 1.07. The molecule has 0 aromatic carbocycles. The highest BCUT2D eigenvalue weighted by Crippen LogP contribution is 1.93. The van der Waals surface area contributed by atoms with Gasteiger partial charge in [0.2, 0.25) is 0 Å². The standard InChI is InChI=1S/C9H20N2/c1-4-5-6-11-9(3)7-8(2)10/h4,8-9,11H,1,5-7,10H2,2-3H3/t8-,9+/m1/s1. The minimum absolute atomic E-state index is 0.293. The van der Waals surface area contributed by atoms with Crippen LogP contribution < -0.4 is 11.1 Å². The van der Waals surface area contributed by atoms with Crippen LogP contribution >= 0.6 is 0 Å². The fourth-order valence-electron chi connectivity index (χ4n) is 1.07. The summed E-state index contributed by atoms with van der Waals surface area (Å²) < 4.78 is 0. The Morgan fingerprint density at radius 2 is 2.18 bits per heavy atom. The third kappa shape index (κ3) is 7.56. The van der Waals surface area contributed by atoms with Crippen molar-refractivity contribution in [3.63, 3.8) is 0 Å². The fraction of sp³-hybridized carbons (Fsp3) is 0.778. The van der Waals surface area contributed by atoms with Gasteiger partial charge in [0.15, 0.2) is 0 Å². The second-order valence-electron chi connectivity index (χ2n) is 3.15. The van der Waals surface area contributed by atoms with Gasteiger partial charge in [0.05, 0.1) is 0 Å². The monoisotopic (exact) mass is 156 g/mol. The van der Waals surface area contributed by atoms with E-state index in [9.17, 15) is 0 Å². The molecule has 0 unspecified atom stereocenters. The van der Waals surface area contributed by atoms with Crippen molar-refractivity contribution in [1.29, 1.82) is 0 Å². The molecule has 0 saturated carbocycles. The largest absolute Gasteiger partial charge is 0.328 e. The second kappa shape index (κ2) is 6.38. The molecule has 0 aliphatic carbocycles. The van der Waals surface area contributed by atoms with Crippen molar-refractivity contribution >= 4 is 0 Å². The van der Waals surface area contributed by atoms with Gasteiger partial charge in [-0.05, 0) is 33.2 Å². The van der Waals surface area contributed by atoms with Crippen LogP contribution in [-0.4, -0.2) is 18.6 Å². The van der Waals surface area contributed by atoms with E-state index in [1.54, 1.807) is 0 Å². The average molecular weight is 156 g/mol. The number of hydrogen-bond donors (Lipinski definition) is 2. The molecule has 2 nitrogen and oxygen atoms in total. The summed E-state index contributed by atoms with van der Waals surface area (Å²) in [5, 5.41) is 3.36. The van der Waals surface area contributed by atoms with Crippen molar-refractivity contribution in [2.75, 3.05) is 6.54 Å². The molecule has 0 aromatic heterocycles. The van der Waals surface area contributed by atoms with E-state index < -0.39 is 0 Å². The molecule has 3 N–H and O–H groups in total. The Morgan fingerprint density at radius 1 is 1.55 bits per heavy atom. The van der Waals surface area contributed by atoms with Gasteiger partial charge in [0.25, 0.3) is 0 Å². The van der Waals surface area contributed by atoms with Gasteiger partial charge >= 0.3 is 0 Å². The first-order chi connectivity index (χ1) is 5.16. The van der Waals surface area contributed by atoms with Crippen LogP contribution in [0.2, 0.25) is 0 Å². The number of nitrogens with one attached hydrogen (secondary N) is 1. The molecule has 2 heteroatoms. The van der Waals surface area contributed by atoms with Crippen molar-refractivity contribution < 1.29 is 0 Å². The summed E-state index contributed by atoms with van der Waals surface area (Å²) in [7, 11) is 0. The molecular formula is C9H20N2. The van der Waals surface area contributed by atoms with Crippen molar-refractivity contribution in [2.24, 2.45) is 5.73 Å². The molecule has 0 rings (SSSR count). The Labute approximate surface area is 69.9 Å². The SMILES string of the molecule is C=CCCN[C@@H](C)C[C@@H](C)N. The maximum Gasteiger partial charge on any atom is 0.00534 e. The van der Waals surface area contributed by atoms with Gasteiger partial charge in [-0.15, -0.1) is 6.58 Å². The van der Waals surface area contributed by atoms with Gasteiger partial charge in [-0.2, -0.15) is 0 Å². The molecule has 0 aliphatic heterocycles. The lowest BCUT2D eigenvalue weighted by Gasteiger charge is -2.14. The molecule has 0 radical (unpaired) electrons. The highest BCUT2D eigenvalue weighted by atomic mass is 14.9. The van der Waals surface area contributed by atoms with E-state index in [0.717, 1.165) is 19.4 Å². The average Bonchev–Trinajstić information content (AvgIpc) is 1.86. The van der Waals surface area contributed by atoms with Crippen LogP contribution in [0.3, 0.4) is 0 Å². The first kappa shape index (κ1) is 10.7. The Morgan fingerprint density at radius 3 is 2.64 bits per heavy atom. The first-order valence-corrected chi connectivity index (χ1v) is 4.26. The van der Waals surface area contributed by atoms with Gasteiger partial charge in [0, 0.05) is 12.1 Å². The Bertz CT molecular complexity index is 99.7. The lowest BCUT2D eigenvalue weighted by molar-refractivity contribution is 0.482. The summed E-state index contributed by atoms with van der Waals surface area (Å²) in [6.45, 7) is 8.86. The molecule has 0 aromatic rings. The third-order valence-electron chi connectivity index (χ3n) is 1.57. The van der Waals surface area contributed by atoms with Gasteiger partial charge in [0.1, 0.15) is 0 Å². The third-order valence-corrected chi connectivity index (χ3v) is 1.57. The predicted molar refractivity (Wildman–Crippen MR) is 50.5 cm³/mol. The van der Waals surface area contributed by atoms with Gasteiger partial charge < -0.3 is 11.1 Å². The summed E-state index contributed by atoms with van der Waals surface area (Å²) in [6, 6.07) is 0.816. The quantitative estimate of drug-likeness (QED) is 0.449. The normalized spacial score (nSPS) is 15.9. The number of rotatable bonds is 6. The van der Waals surface area contributed by atoms with Crippen LogP contribution in [0.15, 0.2) is 12.7 Å². The Balaban J connectivity index is 3.21. The van der Waals surface area contributed by atoms with Crippen molar-refractivity contribution in [2.45, 2.75) is 38.8 Å². The molecule has 0 amide bonds. The summed E-state index contributed by atoms with van der Waals surface area (Å²) in [5.74, 6) is 0. The molecule has 0 heterocycles. The Kier molecular flexibility index (Phi) is 6.18. The van der Waals surface area contributed by atoms with E-state index in [1.807, 2.05) is 13.0 Å². The lowest BCUT2D eigenvalue weighted by atomic mass is 10.1. The maximum atomic E-state index is 5.64. The van der Waals surface area contributed by atoms with E-state index in [1.165, 1.54) is 0 Å². The topological polar surface area (TPSA) is 38.0 Å². The van der Waals surface area contributed by atoms with Gasteiger partial charge in [-0.3, -0.25) is 0 Å². The van der Waals surface area contributed by atoms with E-state index in [0.29, 0.717) is 12.1 Å². The molecule has 2 atom stereocenters. The summed E-state index contributed by atoms with van der Waals surface area (Å²) in [4.78, 5) is 0. The van der Waals surface area contributed by atoms with Gasteiger partial charge in [-0.1, -0.05) is 6.08 Å². The summed E-state index contributed by atoms with van der Waals surface area (Å²) >= 11 is 0. The first-order valence-electron chi connectivity index (χ1n) is 4.26. The van der Waals surface area contributed by atoms with E-state index in [4.69, 9.17) is 5.73 Å². The Hall–Kier alpha value is -0.340. The molecule has 66 valence electrons. The lowest BCUT2D eigenvalue weighted by Crippen LogP contribution is -2.32. The molecule has 0 spiro atoms. The van der Waals surface area contributed by atoms with Crippen LogP contribution in [0.4, 0.5) is 0 Å². The molecule has 0 fully saturated rings. The zero-order valence-corrected chi connectivity index (χ0v) is 7.64. The molecule has 0 bridgehead atoms. The van der Waals surface area contributed by atoms with E-state index in [2.05, 4.69) is 18.8 Å².